The van der Waals surface area contributed by atoms with Crippen molar-refractivity contribution >= 4 is 5.84 Å². The van der Waals surface area contributed by atoms with E-state index in [1.807, 2.05) is 6.92 Å². The van der Waals surface area contributed by atoms with E-state index in [0.717, 1.165) is 6.42 Å². The summed E-state index contributed by atoms with van der Waals surface area (Å²) in [5.74, 6) is 0.125. The van der Waals surface area contributed by atoms with E-state index < -0.39 is 0 Å². The quantitative estimate of drug-likeness (QED) is 0.202. The van der Waals surface area contributed by atoms with Gasteiger partial charge >= 0.3 is 0 Å². The molecule has 5 heteroatoms. The van der Waals surface area contributed by atoms with Crippen molar-refractivity contribution in [2.24, 2.45) is 10.9 Å². The number of nitrogens with zero attached hydrogens (tertiary/aromatic N) is 1. The SMILES string of the molecule is CCC(OCCCOC)C(N)=NO. The number of hydrogen-bond acceptors (Lipinski definition) is 4. The Morgan fingerprint density at radius 1 is 1.54 bits per heavy atom. The third-order valence-corrected chi connectivity index (χ3v) is 1.63. The molecule has 0 aliphatic rings. The Balaban J connectivity index is 3.60. The Labute approximate surface area is 78.5 Å². The van der Waals surface area contributed by atoms with Crippen LogP contribution in [-0.4, -0.2) is 37.5 Å². The van der Waals surface area contributed by atoms with E-state index in [-0.39, 0.29) is 11.9 Å². The van der Waals surface area contributed by atoms with Crippen molar-refractivity contribution < 1.29 is 14.7 Å². The summed E-state index contributed by atoms with van der Waals surface area (Å²) in [4.78, 5) is 0. The Bertz CT molecular complexity index is 150. The van der Waals surface area contributed by atoms with E-state index in [1.54, 1.807) is 7.11 Å². The lowest BCUT2D eigenvalue weighted by Crippen LogP contribution is -2.31. The Morgan fingerprint density at radius 2 is 2.23 bits per heavy atom. The topological polar surface area (TPSA) is 77.1 Å². The first kappa shape index (κ1) is 12.2. The number of hydrogen-bond donors (Lipinski definition) is 2. The molecule has 0 aliphatic carbocycles. The van der Waals surface area contributed by atoms with E-state index in [4.69, 9.17) is 20.4 Å². The molecule has 0 spiro atoms. The molecule has 0 fully saturated rings. The lowest BCUT2D eigenvalue weighted by molar-refractivity contribution is 0.0718. The summed E-state index contributed by atoms with van der Waals surface area (Å²) >= 11 is 0. The highest BCUT2D eigenvalue weighted by molar-refractivity contribution is 5.84. The lowest BCUT2D eigenvalue weighted by atomic mass is 10.2. The van der Waals surface area contributed by atoms with Gasteiger partial charge in [-0.05, 0) is 12.8 Å². The van der Waals surface area contributed by atoms with Crippen LogP contribution in [0.5, 0.6) is 0 Å². The summed E-state index contributed by atoms with van der Waals surface area (Å²) in [6.45, 7) is 3.13. The van der Waals surface area contributed by atoms with Crippen LogP contribution in [0.1, 0.15) is 19.8 Å². The molecular formula is C8H18N2O3. The molecule has 0 aromatic carbocycles. The van der Waals surface area contributed by atoms with Gasteiger partial charge < -0.3 is 20.4 Å². The van der Waals surface area contributed by atoms with E-state index in [9.17, 15) is 0 Å². The van der Waals surface area contributed by atoms with Gasteiger partial charge in [0.05, 0.1) is 0 Å². The molecular weight excluding hydrogens is 172 g/mol. The predicted octanol–water partition coefficient (Wildman–Crippen LogP) is 0.565. The number of methoxy groups -OCH3 is 1. The van der Waals surface area contributed by atoms with Crippen LogP contribution in [0.15, 0.2) is 5.16 Å². The Hall–Kier alpha value is -0.810. The average Bonchev–Trinajstić information content (AvgIpc) is 2.17. The van der Waals surface area contributed by atoms with Gasteiger partial charge in [-0.3, -0.25) is 0 Å². The minimum atomic E-state index is -0.290. The fourth-order valence-corrected chi connectivity index (χ4v) is 0.906. The van der Waals surface area contributed by atoms with Crippen molar-refractivity contribution in [2.45, 2.75) is 25.9 Å². The summed E-state index contributed by atoms with van der Waals surface area (Å²) < 4.78 is 10.2. The summed E-state index contributed by atoms with van der Waals surface area (Å²) in [5.41, 5.74) is 5.39. The molecule has 0 saturated heterocycles. The van der Waals surface area contributed by atoms with Crippen molar-refractivity contribution in [3.8, 4) is 0 Å². The van der Waals surface area contributed by atoms with Crippen LogP contribution in [-0.2, 0) is 9.47 Å². The van der Waals surface area contributed by atoms with Crippen LogP contribution in [0.3, 0.4) is 0 Å². The number of nitrogens with two attached hydrogens (primary N) is 1. The average molecular weight is 190 g/mol. The lowest BCUT2D eigenvalue weighted by Gasteiger charge is -2.13. The van der Waals surface area contributed by atoms with E-state index in [1.165, 1.54) is 0 Å². The second-order valence-corrected chi connectivity index (χ2v) is 2.64. The third kappa shape index (κ3) is 5.43. The molecule has 0 aromatic rings. The zero-order valence-electron chi connectivity index (χ0n) is 8.19. The molecule has 5 nitrogen and oxygen atoms in total. The zero-order chi connectivity index (χ0) is 10.1. The molecule has 13 heavy (non-hydrogen) atoms. The van der Waals surface area contributed by atoms with Crippen molar-refractivity contribution in [3.63, 3.8) is 0 Å². The number of oxime groups is 1. The number of rotatable bonds is 7. The molecule has 0 heterocycles. The van der Waals surface area contributed by atoms with Gasteiger partial charge in [-0.15, -0.1) is 0 Å². The van der Waals surface area contributed by atoms with Gasteiger partial charge in [0.25, 0.3) is 0 Å². The van der Waals surface area contributed by atoms with Gasteiger partial charge in [0.1, 0.15) is 6.10 Å². The van der Waals surface area contributed by atoms with Crippen LogP contribution in [0, 0.1) is 0 Å². The van der Waals surface area contributed by atoms with Crippen LogP contribution in [0.4, 0.5) is 0 Å². The van der Waals surface area contributed by atoms with Crippen molar-refractivity contribution in [2.75, 3.05) is 20.3 Å². The molecule has 0 aliphatic heterocycles. The highest BCUT2D eigenvalue weighted by Gasteiger charge is 2.10. The molecule has 0 radical (unpaired) electrons. The van der Waals surface area contributed by atoms with Crippen LogP contribution in [0.25, 0.3) is 0 Å². The minimum Gasteiger partial charge on any atom is -0.409 e. The van der Waals surface area contributed by atoms with Gasteiger partial charge in [-0.1, -0.05) is 12.1 Å². The molecule has 1 atom stereocenters. The third-order valence-electron chi connectivity index (χ3n) is 1.63. The van der Waals surface area contributed by atoms with E-state index in [2.05, 4.69) is 5.16 Å². The fraction of sp³-hybridized carbons (Fsp3) is 0.875. The largest absolute Gasteiger partial charge is 0.409 e. The van der Waals surface area contributed by atoms with E-state index in [0.29, 0.717) is 19.6 Å². The van der Waals surface area contributed by atoms with Gasteiger partial charge in [0.2, 0.25) is 0 Å². The first-order valence-electron chi connectivity index (χ1n) is 4.34. The maximum Gasteiger partial charge on any atom is 0.168 e. The van der Waals surface area contributed by atoms with Gasteiger partial charge in [0, 0.05) is 20.3 Å². The van der Waals surface area contributed by atoms with Crippen LogP contribution < -0.4 is 5.73 Å². The second kappa shape index (κ2) is 7.82. The first-order chi connectivity index (χ1) is 6.26. The van der Waals surface area contributed by atoms with Crippen molar-refractivity contribution in [1.29, 1.82) is 0 Å². The molecule has 0 saturated carbocycles. The zero-order valence-corrected chi connectivity index (χ0v) is 8.19. The van der Waals surface area contributed by atoms with Crippen molar-refractivity contribution in [1.82, 2.24) is 0 Å². The van der Waals surface area contributed by atoms with Gasteiger partial charge in [-0.25, -0.2) is 0 Å². The molecule has 0 rings (SSSR count). The number of ether oxygens (including phenoxy) is 2. The molecule has 78 valence electrons. The molecule has 0 amide bonds. The molecule has 0 bridgehead atoms. The summed E-state index contributed by atoms with van der Waals surface area (Å²) in [6.07, 6.45) is 1.22. The molecule has 0 aromatic heterocycles. The van der Waals surface area contributed by atoms with Crippen LogP contribution in [0.2, 0.25) is 0 Å². The smallest absolute Gasteiger partial charge is 0.168 e. The van der Waals surface area contributed by atoms with Gasteiger partial charge in [0.15, 0.2) is 5.84 Å². The highest BCUT2D eigenvalue weighted by atomic mass is 16.5. The van der Waals surface area contributed by atoms with Gasteiger partial charge in [-0.2, -0.15) is 0 Å². The van der Waals surface area contributed by atoms with E-state index >= 15 is 0 Å². The van der Waals surface area contributed by atoms with Crippen LogP contribution >= 0.6 is 0 Å². The summed E-state index contributed by atoms with van der Waals surface area (Å²) in [5, 5.41) is 11.3. The number of amidine groups is 1. The molecule has 1 unspecified atom stereocenters. The summed E-state index contributed by atoms with van der Waals surface area (Å²) in [7, 11) is 1.64. The summed E-state index contributed by atoms with van der Waals surface area (Å²) in [6, 6.07) is 0. The van der Waals surface area contributed by atoms with Crippen molar-refractivity contribution in [3.05, 3.63) is 0 Å². The Morgan fingerprint density at radius 3 is 2.69 bits per heavy atom. The standard InChI is InChI=1S/C8H18N2O3/c1-3-7(8(9)10-11)13-6-4-5-12-2/h7,11H,3-6H2,1-2H3,(H2,9,10). The predicted molar refractivity (Wildman–Crippen MR) is 49.9 cm³/mol. The maximum absolute atomic E-state index is 8.40. The monoisotopic (exact) mass is 190 g/mol. The Kier molecular flexibility index (Phi) is 7.33. The maximum atomic E-state index is 8.40. The first-order valence-corrected chi connectivity index (χ1v) is 4.34. The molecule has 3 N–H and O–H groups in total. The normalized spacial score (nSPS) is 14.5. The second-order valence-electron chi connectivity index (χ2n) is 2.64. The fourth-order valence-electron chi connectivity index (χ4n) is 0.906. The highest BCUT2D eigenvalue weighted by Crippen LogP contribution is 1.99. The minimum absolute atomic E-state index is 0.125.